The molecule has 5 rings (SSSR count). The molecule has 2 heteroatoms. The van der Waals surface area contributed by atoms with E-state index in [2.05, 4.69) is 145 Å². The molecule has 2 nitrogen and oxygen atoms in total. The lowest BCUT2D eigenvalue weighted by Crippen LogP contribution is -2.48. The largest absolute Gasteiger partial charge is 0.309 e. The van der Waals surface area contributed by atoms with Crippen molar-refractivity contribution in [3.63, 3.8) is 0 Å². The fourth-order valence-electron chi connectivity index (χ4n) is 6.57. The summed E-state index contributed by atoms with van der Waals surface area (Å²) in [5.41, 5.74) is 5.66. The molecule has 0 atom stereocenters. The highest BCUT2D eigenvalue weighted by Crippen LogP contribution is 2.43. The number of hydrogen-bond donors (Lipinski definition) is 0. The highest BCUT2D eigenvalue weighted by atomic mass is 15.1. The summed E-state index contributed by atoms with van der Waals surface area (Å²) >= 11 is 0. The van der Waals surface area contributed by atoms with Gasteiger partial charge in [0.25, 0.3) is 0 Å². The molecule has 0 spiro atoms. The van der Waals surface area contributed by atoms with Crippen molar-refractivity contribution in [3.8, 4) is 0 Å². The average molecular weight is 489 g/mol. The zero-order valence-electron chi connectivity index (χ0n) is 22.4. The van der Waals surface area contributed by atoms with E-state index in [-0.39, 0.29) is 10.8 Å². The van der Waals surface area contributed by atoms with Crippen LogP contribution in [0.2, 0.25) is 0 Å². The Labute approximate surface area is 223 Å². The lowest BCUT2D eigenvalue weighted by molar-refractivity contribution is 0.129. The molecule has 1 saturated heterocycles. The van der Waals surface area contributed by atoms with E-state index < -0.39 is 0 Å². The summed E-state index contributed by atoms with van der Waals surface area (Å²) < 4.78 is 0. The zero-order valence-corrected chi connectivity index (χ0v) is 22.4. The Balaban J connectivity index is 1.43. The highest BCUT2D eigenvalue weighted by molar-refractivity contribution is 5.50. The fourth-order valence-corrected chi connectivity index (χ4v) is 6.57. The maximum absolute atomic E-state index is 2.71. The molecule has 1 aliphatic heterocycles. The van der Waals surface area contributed by atoms with Gasteiger partial charge in [0.1, 0.15) is 0 Å². The fraction of sp³-hybridized carbons (Fsp3) is 0.314. The molecule has 0 amide bonds. The van der Waals surface area contributed by atoms with E-state index in [1.807, 2.05) is 0 Å². The first kappa shape index (κ1) is 25.4. The van der Waals surface area contributed by atoms with E-state index in [0.29, 0.717) is 0 Å². The first-order valence-electron chi connectivity index (χ1n) is 13.7. The molecule has 37 heavy (non-hydrogen) atoms. The van der Waals surface area contributed by atoms with Crippen LogP contribution in [0.3, 0.4) is 0 Å². The number of piperidine rings is 1. The summed E-state index contributed by atoms with van der Waals surface area (Å²) in [6.45, 7) is 4.45. The number of nitrogens with zero attached hydrogens (tertiary/aromatic N) is 2. The average Bonchev–Trinajstić information content (AvgIpc) is 2.96. The minimum atomic E-state index is -0.179. The van der Waals surface area contributed by atoms with E-state index in [4.69, 9.17) is 0 Å². The van der Waals surface area contributed by atoms with Crippen LogP contribution >= 0.6 is 0 Å². The summed E-state index contributed by atoms with van der Waals surface area (Å²) in [5.74, 6) is 0. The van der Waals surface area contributed by atoms with Gasteiger partial charge >= 0.3 is 0 Å². The Kier molecular flexibility index (Phi) is 7.88. The Morgan fingerprint density at radius 3 is 1.43 bits per heavy atom. The standard InChI is InChI=1S/C35H40N2/c1-36(2)29-34(30-15-7-3-8-16-30)23-26-37(27-24-34)28-25-35(31-17-9-4-10-18-31,32-19-11-5-12-20-32)33-21-13-6-14-22-33/h3-22H,23-29H2,1-2H3. The maximum Gasteiger partial charge on any atom is 0.0463 e. The smallest absolute Gasteiger partial charge is 0.0463 e. The SMILES string of the molecule is CN(C)CC1(c2ccccc2)CCN(CCC(c2ccccc2)(c2ccccc2)c2ccccc2)CC1. The van der Waals surface area contributed by atoms with Gasteiger partial charge in [0, 0.05) is 17.4 Å². The van der Waals surface area contributed by atoms with Crippen LogP contribution < -0.4 is 0 Å². The molecule has 4 aromatic carbocycles. The van der Waals surface area contributed by atoms with Gasteiger partial charge in [-0.1, -0.05) is 121 Å². The molecular weight excluding hydrogens is 448 g/mol. The van der Waals surface area contributed by atoms with Crippen LogP contribution in [0.25, 0.3) is 0 Å². The van der Waals surface area contributed by atoms with Gasteiger partial charge in [-0.2, -0.15) is 0 Å². The quantitative estimate of drug-likeness (QED) is 0.234. The molecule has 190 valence electrons. The van der Waals surface area contributed by atoms with E-state index in [1.165, 1.54) is 35.1 Å². The number of likely N-dealkylation sites (N-methyl/N-ethyl adjacent to an activating group) is 1. The van der Waals surface area contributed by atoms with Crippen molar-refractivity contribution in [1.29, 1.82) is 0 Å². The number of hydrogen-bond acceptors (Lipinski definition) is 2. The number of likely N-dealkylation sites (tertiary alicyclic amines) is 1. The number of rotatable bonds is 9. The molecule has 0 aliphatic carbocycles. The van der Waals surface area contributed by atoms with Gasteiger partial charge in [-0.05, 0) is 75.2 Å². The third-order valence-electron chi connectivity index (χ3n) is 8.42. The van der Waals surface area contributed by atoms with Gasteiger partial charge in [0.2, 0.25) is 0 Å². The second kappa shape index (κ2) is 11.5. The third-order valence-corrected chi connectivity index (χ3v) is 8.42. The van der Waals surface area contributed by atoms with Crippen LogP contribution in [-0.4, -0.2) is 50.1 Å². The van der Waals surface area contributed by atoms with Crippen molar-refractivity contribution >= 4 is 0 Å². The molecule has 0 unspecified atom stereocenters. The van der Waals surface area contributed by atoms with E-state index in [0.717, 1.165) is 32.6 Å². The van der Waals surface area contributed by atoms with Crippen molar-refractivity contribution < 1.29 is 0 Å². The summed E-state index contributed by atoms with van der Waals surface area (Å²) in [5, 5.41) is 0. The lowest BCUT2D eigenvalue weighted by Gasteiger charge is -2.45. The molecule has 0 N–H and O–H groups in total. The summed E-state index contributed by atoms with van der Waals surface area (Å²) in [4.78, 5) is 5.08. The van der Waals surface area contributed by atoms with Crippen molar-refractivity contribution in [2.75, 3.05) is 40.3 Å². The van der Waals surface area contributed by atoms with Crippen molar-refractivity contribution in [2.24, 2.45) is 0 Å². The maximum atomic E-state index is 2.71. The van der Waals surface area contributed by atoms with Crippen LogP contribution in [-0.2, 0) is 10.8 Å². The van der Waals surface area contributed by atoms with Crippen LogP contribution in [0.15, 0.2) is 121 Å². The first-order chi connectivity index (χ1) is 18.1. The molecule has 0 saturated carbocycles. The van der Waals surface area contributed by atoms with E-state index in [9.17, 15) is 0 Å². The predicted octanol–water partition coefficient (Wildman–Crippen LogP) is 7.01. The van der Waals surface area contributed by atoms with E-state index in [1.54, 1.807) is 0 Å². The minimum absolute atomic E-state index is 0.179. The molecule has 4 aromatic rings. The Morgan fingerprint density at radius 2 is 1.03 bits per heavy atom. The lowest BCUT2D eigenvalue weighted by atomic mass is 9.67. The molecule has 1 heterocycles. The van der Waals surface area contributed by atoms with Gasteiger partial charge in [0.05, 0.1) is 0 Å². The summed E-state index contributed by atoms with van der Waals surface area (Å²) in [6, 6.07) is 44.6. The second-order valence-electron chi connectivity index (χ2n) is 11.0. The molecule has 1 fully saturated rings. The molecule has 1 aliphatic rings. The molecular formula is C35H40N2. The normalized spacial score (nSPS) is 16.1. The van der Waals surface area contributed by atoms with Crippen molar-refractivity contribution in [3.05, 3.63) is 144 Å². The van der Waals surface area contributed by atoms with E-state index >= 15 is 0 Å². The zero-order chi connectivity index (χ0) is 25.6. The van der Waals surface area contributed by atoms with Gasteiger partial charge in [0.15, 0.2) is 0 Å². The van der Waals surface area contributed by atoms with Crippen LogP contribution in [0, 0.1) is 0 Å². The third kappa shape index (κ3) is 5.42. The molecule has 0 bridgehead atoms. The molecule has 0 aromatic heterocycles. The van der Waals surface area contributed by atoms with Gasteiger partial charge in [-0.25, -0.2) is 0 Å². The number of benzene rings is 4. The Hall–Kier alpha value is -3.20. The van der Waals surface area contributed by atoms with Gasteiger partial charge in [-0.15, -0.1) is 0 Å². The monoisotopic (exact) mass is 488 g/mol. The van der Waals surface area contributed by atoms with Crippen LogP contribution in [0.1, 0.15) is 41.5 Å². The van der Waals surface area contributed by atoms with Crippen LogP contribution in [0.5, 0.6) is 0 Å². The predicted molar refractivity (Wildman–Crippen MR) is 156 cm³/mol. The summed E-state index contributed by atoms with van der Waals surface area (Å²) in [7, 11) is 4.43. The van der Waals surface area contributed by atoms with Crippen molar-refractivity contribution in [1.82, 2.24) is 9.80 Å². The second-order valence-corrected chi connectivity index (χ2v) is 11.0. The van der Waals surface area contributed by atoms with Gasteiger partial charge < -0.3 is 9.80 Å². The summed E-state index contributed by atoms with van der Waals surface area (Å²) in [6.07, 6.45) is 3.45. The first-order valence-corrected chi connectivity index (χ1v) is 13.7. The highest BCUT2D eigenvalue weighted by Gasteiger charge is 2.39. The Bertz CT molecular complexity index is 1110. The Morgan fingerprint density at radius 1 is 0.622 bits per heavy atom. The van der Waals surface area contributed by atoms with Gasteiger partial charge in [-0.3, -0.25) is 0 Å². The topological polar surface area (TPSA) is 6.48 Å². The minimum Gasteiger partial charge on any atom is -0.309 e. The van der Waals surface area contributed by atoms with Crippen molar-refractivity contribution in [2.45, 2.75) is 30.1 Å². The van der Waals surface area contributed by atoms with Crippen LogP contribution in [0.4, 0.5) is 0 Å². The molecule has 0 radical (unpaired) electrons.